The second kappa shape index (κ2) is 7.11. The minimum atomic E-state index is -0.358. The highest BCUT2D eigenvalue weighted by Gasteiger charge is 2.22. The highest BCUT2D eigenvalue weighted by atomic mass is 35.5. The number of primary amides is 1. The number of amides is 2. The SMILES string of the molecule is Cl.NC(=O)Cc1ccc(NC(=O)C2CCNC2)cc1. The van der Waals surface area contributed by atoms with Crippen LogP contribution in [0, 0.1) is 5.92 Å². The quantitative estimate of drug-likeness (QED) is 0.760. The summed E-state index contributed by atoms with van der Waals surface area (Å²) in [4.78, 5) is 22.6. The summed E-state index contributed by atoms with van der Waals surface area (Å²) in [5.74, 6) is -0.262. The number of carbonyl (C=O) groups excluding carboxylic acids is 2. The lowest BCUT2D eigenvalue weighted by molar-refractivity contribution is -0.119. The Bertz CT molecular complexity index is 442. The maximum atomic E-state index is 11.9. The molecule has 1 aliphatic heterocycles. The molecule has 0 radical (unpaired) electrons. The molecule has 0 spiro atoms. The maximum Gasteiger partial charge on any atom is 0.228 e. The van der Waals surface area contributed by atoms with Crippen molar-refractivity contribution in [2.24, 2.45) is 11.7 Å². The molecule has 0 aliphatic carbocycles. The number of anilines is 1. The van der Waals surface area contributed by atoms with Crippen LogP contribution in [0.15, 0.2) is 24.3 Å². The summed E-state index contributed by atoms with van der Waals surface area (Å²) in [7, 11) is 0. The fourth-order valence-electron chi connectivity index (χ4n) is 2.03. The van der Waals surface area contributed by atoms with Crippen LogP contribution < -0.4 is 16.4 Å². The second-order valence-corrected chi connectivity index (χ2v) is 4.52. The lowest BCUT2D eigenvalue weighted by Gasteiger charge is -2.10. The Balaban J connectivity index is 0.00000180. The van der Waals surface area contributed by atoms with Crippen LogP contribution in [-0.4, -0.2) is 24.9 Å². The zero-order chi connectivity index (χ0) is 13.0. The highest BCUT2D eigenvalue weighted by molar-refractivity contribution is 5.93. The molecule has 1 aliphatic rings. The number of nitrogens with one attached hydrogen (secondary N) is 2. The third-order valence-electron chi connectivity index (χ3n) is 3.03. The van der Waals surface area contributed by atoms with E-state index in [9.17, 15) is 9.59 Å². The first-order valence-electron chi connectivity index (χ1n) is 6.04. The summed E-state index contributed by atoms with van der Waals surface area (Å²) in [6.07, 6.45) is 1.10. The number of nitrogens with two attached hydrogens (primary N) is 1. The Kier molecular flexibility index (Phi) is 5.79. The van der Waals surface area contributed by atoms with Gasteiger partial charge in [-0.25, -0.2) is 0 Å². The minimum Gasteiger partial charge on any atom is -0.369 e. The van der Waals surface area contributed by atoms with Gasteiger partial charge in [-0.15, -0.1) is 12.4 Å². The third-order valence-corrected chi connectivity index (χ3v) is 3.03. The van der Waals surface area contributed by atoms with Crippen molar-refractivity contribution >= 4 is 29.9 Å². The second-order valence-electron chi connectivity index (χ2n) is 4.52. The van der Waals surface area contributed by atoms with Crippen LogP contribution in [-0.2, 0) is 16.0 Å². The first-order chi connectivity index (χ1) is 8.65. The van der Waals surface area contributed by atoms with Gasteiger partial charge >= 0.3 is 0 Å². The molecule has 1 aromatic carbocycles. The Morgan fingerprint density at radius 3 is 2.53 bits per heavy atom. The number of carbonyl (C=O) groups is 2. The van der Waals surface area contributed by atoms with Crippen molar-refractivity contribution in [2.75, 3.05) is 18.4 Å². The van der Waals surface area contributed by atoms with Crippen molar-refractivity contribution < 1.29 is 9.59 Å². The molecule has 1 aromatic rings. The molecule has 0 aromatic heterocycles. The molecule has 2 rings (SSSR count). The van der Waals surface area contributed by atoms with E-state index in [1.165, 1.54) is 0 Å². The molecule has 4 N–H and O–H groups in total. The highest BCUT2D eigenvalue weighted by Crippen LogP contribution is 2.14. The molecule has 104 valence electrons. The van der Waals surface area contributed by atoms with Crippen molar-refractivity contribution in [1.29, 1.82) is 0 Å². The first-order valence-corrected chi connectivity index (χ1v) is 6.04. The van der Waals surface area contributed by atoms with Crippen molar-refractivity contribution in [3.8, 4) is 0 Å². The van der Waals surface area contributed by atoms with Gasteiger partial charge in [-0.3, -0.25) is 9.59 Å². The van der Waals surface area contributed by atoms with Gasteiger partial charge in [0.15, 0.2) is 0 Å². The summed E-state index contributed by atoms with van der Waals surface area (Å²) in [5.41, 5.74) is 6.71. The summed E-state index contributed by atoms with van der Waals surface area (Å²) in [5, 5.41) is 6.03. The monoisotopic (exact) mass is 283 g/mol. The molecule has 1 heterocycles. The van der Waals surface area contributed by atoms with Crippen LogP contribution in [0.3, 0.4) is 0 Å². The number of rotatable bonds is 4. The fourth-order valence-corrected chi connectivity index (χ4v) is 2.03. The van der Waals surface area contributed by atoms with Crippen LogP contribution in [0.4, 0.5) is 5.69 Å². The van der Waals surface area contributed by atoms with Crippen molar-refractivity contribution in [1.82, 2.24) is 5.32 Å². The fraction of sp³-hybridized carbons (Fsp3) is 0.385. The van der Waals surface area contributed by atoms with E-state index in [1.807, 2.05) is 0 Å². The molecular formula is C13H18ClN3O2. The molecule has 1 saturated heterocycles. The molecule has 1 atom stereocenters. The number of benzene rings is 1. The summed E-state index contributed by atoms with van der Waals surface area (Å²) in [6.45, 7) is 1.64. The van der Waals surface area contributed by atoms with Gasteiger partial charge in [0, 0.05) is 12.2 Å². The van der Waals surface area contributed by atoms with Crippen LogP contribution >= 0.6 is 12.4 Å². The topological polar surface area (TPSA) is 84.2 Å². The zero-order valence-corrected chi connectivity index (χ0v) is 11.3. The van der Waals surface area contributed by atoms with Gasteiger partial charge in [0.25, 0.3) is 0 Å². The summed E-state index contributed by atoms with van der Waals surface area (Å²) >= 11 is 0. The van der Waals surface area contributed by atoms with Crippen LogP contribution in [0.2, 0.25) is 0 Å². The third kappa shape index (κ3) is 4.54. The molecule has 0 saturated carbocycles. The number of hydrogen-bond donors (Lipinski definition) is 3. The van der Waals surface area contributed by atoms with Gasteiger partial charge < -0.3 is 16.4 Å². The molecule has 6 heteroatoms. The average molecular weight is 284 g/mol. The molecule has 0 bridgehead atoms. The molecule has 5 nitrogen and oxygen atoms in total. The number of hydrogen-bond acceptors (Lipinski definition) is 3. The van der Waals surface area contributed by atoms with Crippen molar-refractivity contribution in [3.05, 3.63) is 29.8 Å². The Morgan fingerprint density at radius 1 is 1.32 bits per heavy atom. The van der Waals surface area contributed by atoms with Gasteiger partial charge in [-0.2, -0.15) is 0 Å². The van der Waals surface area contributed by atoms with Gasteiger partial charge in [0.2, 0.25) is 11.8 Å². The average Bonchev–Trinajstić information content (AvgIpc) is 2.84. The van der Waals surface area contributed by atoms with Gasteiger partial charge in [0.05, 0.1) is 12.3 Å². The van der Waals surface area contributed by atoms with Crippen LogP contribution in [0.5, 0.6) is 0 Å². The van der Waals surface area contributed by atoms with Crippen molar-refractivity contribution in [3.63, 3.8) is 0 Å². The molecule has 2 amide bonds. The lowest BCUT2D eigenvalue weighted by Crippen LogP contribution is -2.24. The van der Waals surface area contributed by atoms with E-state index in [4.69, 9.17) is 5.73 Å². The van der Waals surface area contributed by atoms with E-state index in [1.54, 1.807) is 24.3 Å². The zero-order valence-electron chi connectivity index (χ0n) is 10.5. The Morgan fingerprint density at radius 2 is 2.00 bits per heavy atom. The van der Waals surface area contributed by atoms with Gasteiger partial charge in [0.1, 0.15) is 0 Å². The normalized spacial score (nSPS) is 17.6. The maximum absolute atomic E-state index is 11.9. The standard InChI is InChI=1S/C13H17N3O2.ClH/c14-12(17)7-9-1-3-11(4-2-9)16-13(18)10-5-6-15-8-10;/h1-4,10,15H,5-8H2,(H2,14,17)(H,16,18);1H. The lowest BCUT2D eigenvalue weighted by atomic mass is 10.1. The van der Waals surface area contributed by atoms with E-state index in [2.05, 4.69) is 10.6 Å². The predicted octanol–water partition coefficient (Wildman–Crippen LogP) is 0.684. The van der Waals surface area contributed by atoms with Crippen LogP contribution in [0.1, 0.15) is 12.0 Å². The van der Waals surface area contributed by atoms with E-state index in [0.29, 0.717) is 0 Å². The van der Waals surface area contributed by atoms with Crippen LogP contribution in [0.25, 0.3) is 0 Å². The van der Waals surface area contributed by atoms with Crippen molar-refractivity contribution in [2.45, 2.75) is 12.8 Å². The molecular weight excluding hydrogens is 266 g/mol. The van der Waals surface area contributed by atoms with Gasteiger partial charge in [-0.05, 0) is 30.7 Å². The van der Waals surface area contributed by atoms with E-state index in [-0.39, 0.29) is 36.6 Å². The van der Waals surface area contributed by atoms with E-state index >= 15 is 0 Å². The molecule has 19 heavy (non-hydrogen) atoms. The predicted molar refractivity (Wildman–Crippen MR) is 76.2 cm³/mol. The first kappa shape index (κ1) is 15.5. The Hall–Kier alpha value is -1.59. The van der Waals surface area contributed by atoms with Gasteiger partial charge in [-0.1, -0.05) is 12.1 Å². The number of halogens is 1. The smallest absolute Gasteiger partial charge is 0.228 e. The largest absolute Gasteiger partial charge is 0.369 e. The minimum absolute atomic E-state index is 0. The summed E-state index contributed by atoms with van der Waals surface area (Å²) in [6, 6.07) is 7.18. The molecule has 1 unspecified atom stereocenters. The van der Waals surface area contributed by atoms with E-state index in [0.717, 1.165) is 30.8 Å². The summed E-state index contributed by atoms with van der Waals surface area (Å²) < 4.78 is 0. The van der Waals surface area contributed by atoms with E-state index < -0.39 is 0 Å². The Labute approximate surface area is 118 Å². The molecule has 1 fully saturated rings.